The van der Waals surface area contributed by atoms with Gasteiger partial charge in [0.15, 0.2) is 5.78 Å². The van der Waals surface area contributed by atoms with Crippen molar-refractivity contribution in [1.82, 2.24) is 5.32 Å². The van der Waals surface area contributed by atoms with E-state index in [1.165, 1.54) is 19.2 Å². The molecule has 0 radical (unpaired) electrons. The summed E-state index contributed by atoms with van der Waals surface area (Å²) in [5, 5.41) is 2.41. The second kappa shape index (κ2) is 8.65. The van der Waals surface area contributed by atoms with Crippen molar-refractivity contribution in [2.45, 2.75) is 26.7 Å². The molecule has 0 unspecified atom stereocenters. The maximum absolute atomic E-state index is 11.4. The summed E-state index contributed by atoms with van der Waals surface area (Å²) < 4.78 is 0. The van der Waals surface area contributed by atoms with Gasteiger partial charge in [-0.25, -0.2) is 0 Å². The van der Waals surface area contributed by atoms with Crippen LogP contribution in [0.15, 0.2) is 36.0 Å². The lowest BCUT2D eigenvalue weighted by Gasteiger charge is -2.01. The van der Waals surface area contributed by atoms with Crippen molar-refractivity contribution in [3.8, 4) is 0 Å². The first-order chi connectivity index (χ1) is 7.74. The van der Waals surface area contributed by atoms with Gasteiger partial charge in [0.25, 0.3) is 0 Å². The molecule has 0 saturated heterocycles. The SMILES string of the molecule is CC.CNC(=O)/C=C/C(=O)C1=CCCC=C1. The summed E-state index contributed by atoms with van der Waals surface area (Å²) in [5.41, 5.74) is 0.663. The quantitative estimate of drug-likeness (QED) is 0.742. The van der Waals surface area contributed by atoms with Crippen LogP contribution in [0.5, 0.6) is 0 Å². The Balaban J connectivity index is 0.00000106. The highest BCUT2D eigenvalue weighted by Gasteiger charge is 2.04. The van der Waals surface area contributed by atoms with Crippen molar-refractivity contribution in [2.75, 3.05) is 7.05 Å². The fourth-order valence-corrected chi connectivity index (χ4v) is 1.13. The largest absolute Gasteiger partial charge is 0.356 e. The molecule has 0 bridgehead atoms. The van der Waals surface area contributed by atoms with Gasteiger partial charge >= 0.3 is 0 Å². The molecule has 0 aromatic carbocycles. The first kappa shape index (κ1) is 14.4. The molecule has 0 heterocycles. The van der Waals surface area contributed by atoms with Crippen LogP contribution in [0, 0.1) is 0 Å². The number of carbonyl (C=O) groups is 2. The molecule has 0 atom stereocenters. The summed E-state index contributed by atoms with van der Waals surface area (Å²) in [7, 11) is 1.52. The van der Waals surface area contributed by atoms with E-state index in [0.717, 1.165) is 12.8 Å². The Morgan fingerprint density at radius 1 is 1.25 bits per heavy atom. The van der Waals surface area contributed by atoms with Gasteiger partial charge in [0.05, 0.1) is 0 Å². The molecule has 3 nitrogen and oxygen atoms in total. The third-order valence-electron chi connectivity index (χ3n) is 1.91. The van der Waals surface area contributed by atoms with Gasteiger partial charge in [-0.15, -0.1) is 0 Å². The average molecular weight is 221 g/mol. The van der Waals surface area contributed by atoms with Crippen molar-refractivity contribution >= 4 is 11.7 Å². The van der Waals surface area contributed by atoms with Crippen LogP contribution in [0.3, 0.4) is 0 Å². The summed E-state index contributed by atoms with van der Waals surface area (Å²) in [6.07, 6.45) is 10.0. The zero-order chi connectivity index (χ0) is 12.4. The van der Waals surface area contributed by atoms with Gasteiger partial charge < -0.3 is 5.32 Å². The lowest BCUT2D eigenvalue weighted by molar-refractivity contribution is -0.116. The summed E-state index contributed by atoms with van der Waals surface area (Å²) >= 11 is 0. The third kappa shape index (κ3) is 5.29. The minimum atomic E-state index is -0.265. The molecular weight excluding hydrogens is 202 g/mol. The van der Waals surface area contributed by atoms with Crippen LogP contribution in [-0.2, 0) is 9.59 Å². The van der Waals surface area contributed by atoms with Gasteiger partial charge in [0, 0.05) is 18.7 Å². The molecule has 0 spiro atoms. The smallest absolute Gasteiger partial charge is 0.243 e. The second-order valence-electron chi connectivity index (χ2n) is 2.95. The van der Waals surface area contributed by atoms with Crippen LogP contribution in [0.2, 0.25) is 0 Å². The van der Waals surface area contributed by atoms with Crippen molar-refractivity contribution in [2.24, 2.45) is 0 Å². The number of amides is 1. The van der Waals surface area contributed by atoms with Crippen molar-refractivity contribution in [3.05, 3.63) is 36.0 Å². The molecule has 0 aromatic heterocycles. The molecule has 1 N–H and O–H groups in total. The lowest BCUT2D eigenvalue weighted by atomic mass is 10.0. The van der Waals surface area contributed by atoms with Crippen LogP contribution in [0.25, 0.3) is 0 Å². The molecule has 16 heavy (non-hydrogen) atoms. The minimum Gasteiger partial charge on any atom is -0.356 e. The van der Waals surface area contributed by atoms with Crippen LogP contribution < -0.4 is 5.32 Å². The summed E-state index contributed by atoms with van der Waals surface area (Å²) in [4.78, 5) is 22.2. The van der Waals surface area contributed by atoms with Crippen LogP contribution >= 0.6 is 0 Å². The van der Waals surface area contributed by atoms with Crippen LogP contribution in [-0.4, -0.2) is 18.7 Å². The maximum Gasteiger partial charge on any atom is 0.243 e. The predicted molar refractivity (Wildman–Crippen MR) is 66.0 cm³/mol. The number of carbonyl (C=O) groups excluding carboxylic acids is 2. The number of allylic oxidation sites excluding steroid dienone is 5. The third-order valence-corrected chi connectivity index (χ3v) is 1.91. The van der Waals surface area contributed by atoms with Crippen molar-refractivity contribution in [3.63, 3.8) is 0 Å². The average Bonchev–Trinajstić information content (AvgIpc) is 2.38. The van der Waals surface area contributed by atoms with Crippen LogP contribution in [0.4, 0.5) is 0 Å². The molecule has 3 heteroatoms. The first-order valence-electron chi connectivity index (χ1n) is 5.55. The van der Waals surface area contributed by atoms with Gasteiger partial charge in [-0.3, -0.25) is 9.59 Å². The highest BCUT2D eigenvalue weighted by atomic mass is 16.1. The number of hydrogen-bond acceptors (Lipinski definition) is 2. The fourth-order valence-electron chi connectivity index (χ4n) is 1.13. The number of nitrogens with one attached hydrogen (secondary N) is 1. The molecule has 1 rings (SSSR count). The van der Waals surface area contributed by atoms with E-state index in [4.69, 9.17) is 0 Å². The van der Waals surface area contributed by atoms with Gasteiger partial charge in [0.2, 0.25) is 5.91 Å². The van der Waals surface area contributed by atoms with Crippen LogP contribution in [0.1, 0.15) is 26.7 Å². The van der Waals surface area contributed by atoms with Crippen molar-refractivity contribution in [1.29, 1.82) is 0 Å². The standard InChI is InChI=1S/C11H13NO2.C2H6/c1-12-11(14)8-7-10(13)9-5-3-2-4-6-9;1-2/h3,5-8H,2,4H2,1H3,(H,12,14);1-2H3/b8-7+;. The normalized spacial score (nSPS) is 13.8. The minimum absolute atomic E-state index is 0.121. The summed E-state index contributed by atoms with van der Waals surface area (Å²) in [6, 6.07) is 0. The number of ketones is 1. The number of rotatable bonds is 3. The molecule has 0 aliphatic heterocycles. The van der Waals surface area contributed by atoms with Gasteiger partial charge in [-0.1, -0.05) is 32.1 Å². The topological polar surface area (TPSA) is 46.2 Å². The fraction of sp³-hybridized carbons (Fsp3) is 0.385. The van der Waals surface area contributed by atoms with E-state index in [1.54, 1.807) is 6.08 Å². The van der Waals surface area contributed by atoms with E-state index in [9.17, 15) is 9.59 Å². The van der Waals surface area contributed by atoms with E-state index in [2.05, 4.69) is 5.32 Å². The molecular formula is C13H19NO2. The molecule has 0 saturated carbocycles. The van der Waals surface area contributed by atoms with Gasteiger partial charge in [-0.05, 0) is 18.9 Å². The second-order valence-corrected chi connectivity index (χ2v) is 2.95. The number of likely N-dealkylation sites (N-methyl/N-ethyl adjacent to an activating group) is 1. The lowest BCUT2D eigenvalue weighted by Crippen LogP contribution is -2.14. The van der Waals surface area contributed by atoms with Crippen molar-refractivity contribution < 1.29 is 9.59 Å². The van der Waals surface area contributed by atoms with E-state index in [-0.39, 0.29) is 11.7 Å². The highest BCUT2D eigenvalue weighted by Crippen LogP contribution is 2.10. The van der Waals surface area contributed by atoms with E-state index in [1.807, 2.05) is 26.0 Å². The van der Waals surface area contributed by atoms with E-state index < -0.39 is 0 Å². The molecule has 1 amide bonds. The molecule has 1 aliphatic rings. The zero-order valence-electron chi connectivity index (χ0n) is 10.1. The Bertz CT molecular complexity index is 325. The molecule has 1 aliphatic carbocycles. The zero-order valence-corrected chi connectivity index (χ0v) is 10.1. The van der Waals surface area contributed by atoms with Gasteiger partial charge in [-0.2, -0.15) is 0 Å². The monoisotopic (exact) mass is 221 g/mol. The Morgan fingerprint density at radius 3 is 2.44 bits per heavy atom. The highest BCUT2D eigenvalue weighted by molar-refractivity contribution is 6.08. The Morgan fingerprint density at radius 2 is 1.94 bits per heavy atom. The molecule has 88 valence electrons. The summed E-state index contributed by atoms with van der Waals surface area (Å²) in [6.45, 7) is 4.00. The Kier molecular flexibility index (Phi) is 7.76. The maximum atomic E-state index is 11.4. The number of hydrogen-bond donors (Lipinski definition) is 1. The van der Waals surface area contributed by atoms with E-state index >= 15 is 0 Å². The molecule has 0 aromatic rings. The first-order valence-corrected chi connectivity index (χ1v) is 5.55. The Labute approximate surface area is 96.9 Å². The molecule has 0 fully saturated rings. The predicted octanol–water partition coefficient (Wildman–Crippen LogP) is 2.16. The van der Waals surface area contributed by atoms with Gasteiger partial charge in [0.1, 0.15) is 0 Å². The Hall–Kier alpha value is -1.64. The summed E-state index contributed by atoms with van der Waals surface area (Å²) in [5.74, 6) is -0.386. The van der Waals surface area contributed by atoms with E-state index in [0.29, 0.717) is 5.57 Å².